The van der Waals surface area contributed by atoms with E-state index in [9.17, 15) is 4.79 Å². The number of amides is 1. The summed E-state index contributed by atoms with van der Waals surface area (Å²) in [5, 5.41) is 0. The highest BCUT2D eigenvalue weighted by Gasteiger charge is 2.26. The van der Waals surface area contributed by atoms with Crippen LogP contribution in [0.3, 0.4) is 0 Å². The molecule has 0 saturated carbocycles. The van der Waals surface area contributed by atoms with Crippen LogP contribution in [-0.2, 0) is 9.53 Å². The monoisotopic (exact) mass is 404 g/mol. The summed E-state index contributed by atoms with van der Waals surface area (Å²) in [5.74, 6) is -0.304. The average Bonchev–Trinajstić information content (AvgIpc) is 2.49. The number of carbonyl (C=O) groups is 1. The fourth-order valence-electron chi connectivity index (χ4n) is 2.21. The number of halogens is 1. The minimum absolute atomic E-state index is 0. The maximum atomic E-state index is 12.6. The first kappa shape index (κ1) is 17.7. The summed E-state index contributed by atoms with van der Waals surface area (Å²) in [5.41, 5.74) is 11.7. The normalized spacial score (nSPS) is 15.7. The second-order valence-corrected chi connectivity index (χ2v) is 4.67. The van der Waals surface area contributed by atoms with Gasteiger partial charge in [0, 0.05) is 13.1 Å². The van der Waals surface area contributed by atoms with Crippen molar-refractivity contribution in [3.63, 3.8) is 0 Å². The molecule has 1 fully saturated rings. The highest BCUT2D eigenvalue weighted by atomic mass is 127. The molecule has 0 aromatic heterocycles. The van der Waals surface area contributed by atoms with E-state index >= 15 is 0 Å². The third-order valence-electron chi connectivity index (χ3n) is 3.28. The number of nitrogens with two attached hydrogens (primary N) is 2. The predicted molar refractivity (Wildman–Crippen MR) is 92.7 cm³/mol. The van der Waals surface area contributed by atoms with Gasteiger partial charge in [-0.05, 0) is 5.56 Å². The van der Waals surface area contributed by atoms with E-state index < -0.39 is 0 Å². The van der Waals surface area contributed by atoms with E-state index in [-0.39, 0.29) is 48.3 Å². The molecule has 1 atom stereocenters. The first-order valence-corrected chi connectivity index (χ1v) is 6.65. The van der Waals surface area contributed by atoms with Gasteiger partial charge >= 0.3 is 0 Å². The van der Waals surface area contributed by atoms with Gasteiger partial charge in [-0.25, -0.2) is 0 Å². The minimum atomic E-state index is -0.351. The van der Waals surface area contributed by atoms with Crippen molar-refractivity contribution in [2.45, 2.75) is 5.92 Å². The number of hydrogen-bond donors (Lipinski definition) is 2. The van der Waals surface area contributed by atoms with E-state index in [0.717, 1.165) is 5.56 Å². The molecule has 4 N–H and O–H groups in total. The third-order valence-corrected chi connectivity index (χ3v) is 3.28. The Hall–Kier alpha value is -1.35. The maximum absolute atomic E-state index is 12.6. The number of benzene rings is 1. The van der Waals surface area contributed by atoms with Crippen molar-refractivity contribution in [2.75, 3.05) is 32.8 Å². The van der Waals surface area contributed by atoms with Crippen LogP contribution in [0, 0.1) is 0 Å². The smallest absolute Gasteiger partial charge is 0.232 e. The molecule has 0 spiro atoms. The molecule has 0 bridgehead atoms. The zero-order chi connectivity index (χ0) is 14.4. The van der Waals surface area contributed by atoms with Crippen LogP contribution in [0.2, 0.25) is 0 Å². The molecule has 0 aliphatic carbocycles. The molecule has 1 aromatic rings. The number of carbonyl (C=O) groups excluding carboxylic acids is 1. The van der Waals surface area contributed by atoms with Crippen LogP contribution in [0.5, 0.6) is 0 Å². The lowest BCUT2D eigenvalue weighted by Gasteiger charge is -2.30. The largest absolute Gasteiger partial charge is 0.378 e. The molecule has 6 nitrogen and oxygen atoms in total. The van der Waals surface area contributed by atoms with Gasteiger partial charge < -0.3 is 21.1 Å². The number of morpholine rings is 1. The molecule has 7 heteroatoms. The molecule has 1 saturated heterocycles. The topological polar surface area (TPSA) is 93.9 Å². The van der Waals surface area contributed by atoms with Crippen LogP contribution in [0.25, 0.3) is 0 Å². The van der Waals surface area contributed by atoms with Crippen molar-refractivity contribution in [3.8, 4) is 0 Å². The molecule has 21 heavy (non-hydrogen) atoms. The molecule has 1 aromatic carbocycles. The van der Waals surface area contributed by atoms with E-state index in [2.05, 4.69) is 4.99 Å². The van der Waals surface area contributed by atoms with Crippen molar-refractivity contribution in [1.82, 2.24) is 4.90 Å². The SMILES string of the molecule is I.NC(N)=NCC(C(=O)N1CCOCC1)c1ccccc1. The Bertz CT molecular complexity index is 471. The van der Waals surface area contributed by atoms with Crippen molar-refractivity contribution in [2.24, 2.45) is 16.5 Å². The van der Waals surface area contributed by atoms with Crippen LogP contribution in [0.4, 0.5) is 0 Å². The summed E-state index contributed by atoms with van der Waals surface area (Å²) in [6.45, 7) is 2.65. The standard InChI is InChI=1S/C14H20N4O2.HI/c15-14(16)17-10-12(11-4-2-1-3-5-11)13(19)18-6-8-20-9-7-18;/h1-5,12H,6-10H2,(H4,15,16,17);1H. The Labute approximate surface area is 141 Å². The summed E-state index contributed by atoms with van der Waals surface area (Å²) in [7, 11) is 0. The highest BCUT2D eigenvalue weighted by molar-refractivity contribution is 14.0. The molecule has 1 aliphatic rings. The van der Waals surface area contributed by atoms with Crippen molar-refractivity contribution in [1.29, 1.82) is 0 Å². The van der Waals surface area contributed by atoms with Gasteiger partial charge in [0.15, 0.2) is 5.96 Å². The Morgan fingerprint density at radius 3 is 2.43 bits per heavy atom. The van der Waals surface area contributed by atoms with Crippen LogP contribution in [0.15, 0.2) is 35.3 Å². The van der Waals surface area contributed by atoms with Gasteiger partial charge in [0.05, 0.1) is 25.7 Å². The number of rotatable bonds is 4. The molecule has 1 heterocycles. The summed E-state index contributed by atoms with van der Waals surface area (Å²) in [6, 6.07) is 9.58. The van der Waals surface area contributed by atoms with Gasteiger partial charge in [-0.15, -0.1) is 24.0 Å². The van der Waals surface area contributed by atoms with Gasteiger partial charge in [0.25, 0.3) is 0 Å². The number of guanidine groups is 1. The lowest BCUT2D eigenvalue weighted by Crippen LogP contribution is -2.43. The summed E-state index contributed by atoms with van der Waals surface area (Å²) in [6.07, 6.45) is 0. The summed E-state index contributed by atoms with van der Waals surface area (Å²) in [4.78, 5) is 18.5. The van der Waals surface area contributed by atoms with Gasteiger partial charge in [-0.3, -0.25) is 9.79 Å². The van der Waals surface area contributed by atoms with Crippen LogP contribution >= 0.6 is 24.0 Å². The molecule has 0 radical (unpaired) electrons. The van der Waals surface area contributed by atoms with Gasteiger partial charge in [0.2, 0.25) is 5.91 Å². The predicted octanol–water partition coefficient (Wildman–Crippen LogP) is 0.520. The van der Waals surface area contributed by atoms with E-state index in [4.69, 9.17) is 16.2 Å². The number of ether oxygens (including phenoxy) is 1. The Morgan fingerprint density at radius 1 is 1.24 bits per heavy atom. The van der Waals surface area contributed by atoms with Crippen LogP contribution in [0.1, 0.15) is 11.5 Å². The zero-order valence-electron chi connectivity index (χ0n) is 11.8. The summed E-state index contributed by atoms with van der Waals surface area (Å²) >= 11 is 0. The maximum Gasteiger partial charge on any atom is 0.232 e. The van der Waals surface area contributed by atoms with Crippen molar-refractivity contribution >= 4 is 35.8 Å². The molecule has 1 amide bonds. The van der Waals surface area contributed by atoms with Crippen molar-refractivity contribution in [3.05, 3.63) is 35.9 Å². The number of nitrogens with zero attached hydrogens (tertiary/aromatic N) is 2. The van der Waals surface area contributed by atoms with E-state index in [1.807, 2.05) is 35.2 Å². The van der Waals surface area contributed by atoms with E-state index in [1.165, 1.54) is 0 Å². The summed E-state index contributed by atoms with van der Waals surface area (Å²) < 4.78 is 5.27. The first-order chi connectivity index (χ1) is 9.68. The Morgan fingerprint density at radius 2 is 1.86 bits per heavy atom. The third kappa shape index (κ3) is 5.16. The van der Waals surface area contributed by atoms with Gasteiger partial charge in [0.1, 0.15) is 0 Å². The lowest BCUT2D eigenvalue weighted by molar-refractivity contribution is -0.136. The van der Waals surface area contributed by atoms with Crippen molar-refractivity contribution < 1.29 is 9.53 Å². The second-order valence-electron chi connectivity index (χ2n) is 4.67. The molecular weight excluding hydrogens is 383 g/mol. The lowest BCUT2D eigenvalue weighted by atomic mass is 9.97. The molecular formula is C14H21IN4O2. The van der Waals surface area contributed by atoms with Crippen LogP contribution in [-0.4, -0.2) is 49.6 Å². The fourth-order valence-corrected chi connectivity index (χ4v) is 2.21. The Kier molecular flexibility index (Phi) is 7.44. The average molecular weight is 404 g/mol. The Balaban J connectivity index is 0.00000220. The fraction of sp³-hybridized carbons (Fsp3) is 0.429. The second kappa shape index (κ2) is 8.83. The number of hydrogen-bond acceptors (Lipinski definition) is 3. The molecule has 2 rings (SSSR count). The van der Waals surface area contributed by atoms with E-state index in [1.54, 1.807) is 0 Å². The van der Waals surface area contributed by atoms with Crippen LogP contribution < -0.4 is 11.5 Å². The van der Waals surface area contributed by atoms with Gasteiger partial charge in [-0.2, -0.15) is 0 Å². The highest BCUT2D eigenvalue weighted by Crippen LogP contribution is 2.19. The zero-order valence-corrected chi connectivity index (χ0v) is 14.1. The first-order valence-electron chi connectivity index (χ1n) is 6.65. The molecule has 116 valence electrons. The minimum Gasteiger partial charge on any atom is -0.378 e. The van der Waals surface area contributed by atoms with Gasteiger partial charge in [-0.1, -0.05) is 30.3 Å². The number of aliphatic imine (C=N–C) groups is 1. The molecule has 1 aliphatic heterocycles. The quantitative estimate of drug-likeness (QED) is 0.435. The van der Waals surface area contributed by atoms with E-state index in [0.29, 0.717) is 26.3 Å². The molecule has 1 unspecified atom stereocenters.